The second-order valence-corrected chi connectivity index (χ2v) is 5.48. The summed E-state index contributed by atoms with van der Waals surface area (Å²) >= 11 is 0. The molecule has 0 atom stereocenters. The van der Waals surface area contributed by atoms with Gasteiger partial charge in [0.2, 0.25) is 0 Å². The van der Waals surface area contributed by atoms with Crippen LogP contribution in [0.3, 0.4) is 0 Å². The third kappa shape index (κ3) is 8.76. The molecule has 1 aromatic carbocycles. The largest absolute Gasteiger partial charge is 0.317 e. The Labute approximate surface area is 118 Å². The average Bonchev–Trinajstić information content (AvgIpc) is 2.38. The molecule has 0 fully saturated rings. The highest BCUT2D eigenvalue weighted by atomic mass is 15.1. The molecule has 0 saturated heterocycles. The van der Waals surface area contributed by atoms with E-state index in [4.69, 9.17) is 0 Å². The Balaban J connectivity index is 1.97. The van der Waals surface area contributed by atoms with Gasteiger partial charge in [0, 0.05) is 6.54 Å². The van der Waals surface area contributed by atoms with Gasteiger partial charge in [0.05, 0.1) is 0 Å². The molecule has 0 aliphatic heterocycles. The third-order valence-corrected chi connectivity index (χ3v) is 3.15. The van der Waals surface area contributed by atoms with Crippen LogP contribution >= 0.6 is 0 Å². The van der Waals surface area contributed by atoms with Gasteiger partial charge in [0.15, 0.2) is 0 Å². The molecule has 0 aliphatic rings. The van der Waals surface area contributed by atoms with Crippen molar-refractivity contribution in [2.75, 3.05) is 47.3 Å². The fraction of sp³-hybridized carbons (Fsp3) is 0.625. The first-order valence-corrected chi connectivity index (χ1v) is 7.26. The maximum atomic E-state index is 3.51. The van der Waals surface area contributed by atoms with Gasteiger partial charge < -0.3 is 15.1 Å². The minimum Gasteiger partial charge on any atom is -0.317 e. The first kappa shape index (κ1) is 16.2. The summed E-state index contributed by atoms with van der Waals surface area (Å²) in [6.45, 7) is 5.60. The molecule has 3 nitrogen and oxygen atoms in total. The zero-order valence-electron chi connectivity index (χ0n) is 12.7. The lowest BCUT2D eigenvalue weighted by atomic mass is 10.2. The molecule has 19 heavy (non-hydrogen) atoms. The smallest absolute Gasteiger partial charge is 0.0230 e. The lowest BCUT2D eigenvalue weighted by Gasteiger charge is -2.17. The van der Waals surface area contributed by atoms with Crippen LogP contribution in [0.25, 0.3) is 0 Å². The molecule has 0 amide bonds. The van der Waals surface area contributed by atoms with E-state index in [1.807, 2.05) is 0 Å². The Morgan fingerprint density at radius 2 is 1.53 bits per heavy atom. The van der Waals surface area contributed by atoms with Crippen LogP contribution in [-0.2, 0) is 6.54 Å². The van der Waals surface area contributed by atoms with Crippen molar-refractivity contribution in [1.82, 2.24) is 15.1 Å². The predicted octanol–water partition coefficient (Wildman–Crippen LogP) is 2.05. The molecule has 0 spiro atoms. The fourth-order valence-electron chi connectivity index (χ4n) is 2.09. The minimum absolute atomic E-state index is 1.04. The van der Waals surface area contributed by atoms with Crippen LogP contribution in [-0.4, -0.2) is 57.1 Å². The number of benzene rings is 1. The maximum absolute atomic E-state index is 3.51. The van der Waals surface area contributed by atoms with Gasteiger partial charge in [-0.3, -0.25) is 0 Å². The first-order chi connectivity index (χ1) is 9.18. The highest BCUT2D eigenvalue weighted by Crippen LogP contribution is 2.02. The SMILES string of the molecule is CN(C)CCCNCCCN(C)Cc1ccccc1. The van der Waals surface area contributed by atoms with Gasteiger partial charge in [-0.25, -0.2) is 0 Å². The zero-order valence-corrected chi connectivity index (χ0v) is 12.7. The summed E-state index contributed by atoms with van der Waals surface area (Å²) in [5.41, 5.74) is 1.39. The Morgan fingerprint density at radius 1 is 0.895 bits per heavy atom. The molecule has 1 N–H and O–H groups in total. The van der Waals surface area contributed by atoms with E-state index in [1.54, 1.807) is 0 Å². The van der Waals surface area contributed by atoms with Crippen LogP contribution in [0.1, 0.15) is 18.4 Å². The van der Waals surface area contributed by atoms with E-state index in [1.165, 1.54) is 24.9 Å². The summed E-state index contributed by atoms with van der Waals surface area (Å²) < 4.78 is 0. The van der Waals surface area contributed by atoms with Crippen molar-refractivity contribution in [2.24, 2.45) is 0 Å². The van der Waals surface area contributed by atoms with Gasteiger partial charge in [-0.15, -0.1) is 0 Å². The molecular formula is C16H29N3. The van der Waals surface area contributed by atoms with Gasteiger partial charge >= 0.3 is 0 Å². The van der Waals surface area contributed by atoms with Crippen LogP contribution < -0.4 is 5.32 Å². The molecule has 1 aromatic rings. The monoisotopic (exact) mass is 263 g/mol. The Hall–Kier alpha value is -0.900. The Kier molecular flexibility index (Phi) is 8.47. The lowest BCUT2D eigenvalue weighted by Crippen LogP contribution is -2.26. The number of nitrogens with one attached hydrogen (secondary N) is 1. The lowest BCUT2D eigenvalue weighted by molar-refractivity contribution is 0.318. The van der Waals surface area contributed by atoms with Crippen LogP contribution in [0.4, 0.5) is 0 Å². The van der Waals surface area contributed by atoms with Crippen molar-refractivity contribution in [3.63, 3.8) is 0 Å². The van der Waals surface area contributed by atoms with Crippen molar-refractivity contribution in [1.29, 1.82) is 0 Å². The minimum atomic E-state index is 1.04. The molecule has 0 bridgehead atoms. The predicted molar refractivity (Wildman–Crippen MR) is 83.4 cm³/mol. The molecule has 0 radical (unpaired) electrons. The third-order valence-electron chi connectivity index (χ3n) is 3.15. The summed E-state index contributed by atoms with van der Waals surface area (Å²) in [6, 6.07) is 10.7. The van der Waals surface area contributed by atoms with Gasteiger partial charge in [0.25, 0.3) is 0 Å². The van der Waals surface area contributed by atoms with Crippen molar-refractivity contribution >= 4 is 0 Å². The van der Waals surface area contributed by atoms with E-state index in [-0.39, 0.29) is 0 Å². The van der Waals surface area contributed by atoms with Gasteiger partial charge in [-0.05, 0) is 65.7 Å². The topological polar surface area (TPSA) is 18.5 Å². The summed E-state index contributed by atoms with van der Waals surface area (Å²) in [4.78, 5) is 4.62. The standard InChI is InChI=1S/C16H29N3/c1-18(2)13-7-11-17-12-8-14-19(3)15-16-9-5-4-6-10-16/h4-6,9-10,17H,7-8,11-15H2,1-3H3. The van der Waals surface area contributed by atoms with Gasteiger partial charge in [-0.1, -0.05) is 30.3 Å². The van der Waals surface area contributed by atoms with E-state index in [9.17, 15) is 0 Å². The molecule has 0 saturated carbocycles. The first-order valence-electron chi connectivity index (χ1n) is 7.26. The maximum Gasteiger partial charge on any atom is 0.0230 e. The van der Waals surface area contributed by atoms with E-state index in [0.717, 1.165) is 26.2 Å². The van der Waals surface area contributed by atoms with E-state index < -0.39 is 0 Å². The van der Waals surface area contributed by atoms with Crippen molar-refractivity contribution in [3.8, 4) is 0 Å². The van der Waals surface area contributed by atoms with Crippen LogP contribution in [0.5, 0.6) is 0 Å². The Morgan fingerprint density at radius 3 is 2.16 bits per heavy atom. The normalized spacial score (nSPS) is 11.4. The van der Waals surface area contributed by atoms with E-state index in [0.29, 0.717) is 0 Å². The second kappa shape index (κ2) is 9.96. The fourth-order valence-corrected chi connectivity index (χ4v) is 2.09. The summed E-state index contributed by atoms with van der Waals surface area (Å²) in [5.74, 6) is 0. The van der Waals surface area contributed by atoms with Crippen LogP contribution in [0, 0.1) is 0 Å². The molecule has 1 rings (SSSR count). The van der Waals surface area contributed by atoms with Crippen molar-refractivity contribution in [2.45, 2.75) is 19.4 Å². The molecule has 0 unspecified atom stereocenters. The van der Waals surface area contributed by atoms with Gasteiger partial charge in [0.1, 0.15) is 0 Å². The molecule has 0 aromatic heterocycles. The Bertz CT molecular complexity index is 311. The van der Waals surface area contributed by atoms with E-state index >= 15 is 0 Å². The number of nitrogens with zero attached hydrogens (tertiary/aromatic N) is 2. The number of hydrogen-bond donors (Lipinski definition) is 1. The average molecular weight is 263 g/mol. The molecule has 0 aliphatic carbocycles. The van der Waals surface area contributed by atoms with Crippen molar-refractivity contribution < 1.29 is 0 Å². The van der Waals surface area contributed by atoms with Crippen LogP contribution in [0.2, 0.25) is 0 Å². The van der Waals surface area contributed by atoms with Gasteiger partial charge in [-0.2, -0.15) is 0 Å². The highest BCUT2D eigenvalue weighted by Gasteiger charge is 1.99. The van der Waals surface area contributed by atoms with E-state index in [2.05, 4.69) is 66.6 Å². The number of rotatable bonds is 10. The molecular weight excluding hydrogens is 234 g/mol. The summed E-state index contributed by atoms with van der Waals surface area (Å²) in [7, 11) is 6.44. The molecule has 108 valence electrons. The molecule has 0 heterocycles. The zero-order chi connectivity index (χ0) is 13.9. The molecule has 3 heteroatoms. The number of hydrogen-bond acceptors (Lipinski definition) is 3. The van der Waals surface area contributed by atoms with Crippen molar-refractivity contribution in [3.05, 3.63) is 35.9 Å². The second-order valence-electron chi connectivity index (χ2n) is 5.48. The quantitative estimate of drug-likeness (QED) is 0.652. The summed E-state index contributed by atoms with van der Waals surface area (Å²) in [5, 5.41) is 3.51. The summed E-state index contributed by atoms with van der Waals surface area (Å²) in [6.07, 6.45) is 2.44. The van der Waals surface area contributed by atoms with Crippen LogP contribution in [0.15, 0.2) is 30.3 Å². The highest BCUT2D eigenvalue weighted by molar-refractivity contribution is 5.14.